The third-order valence-corrected chi connectivity index (χ3v) is 7.15. The number of aromatic amines is 3. The van der Waals surface area contributed by atoms with E-state index in [1.807, 2.05) is 0 Å². The lowest BCUT2D eigenvalue weighted by molar-refractivity contribution is -0.135. The Balaban J connectivity index is 1.46. The summed E-state index contributed by atoms with van der Waals surface area (Å²) in [6.45, 7) is 2.29. The number of alkyl halides is 3. The van der Waals surface area contributed by atoms with Crippen LogP contribution >= 0.6 is 0 Å². The number of morpholine rings is 1. The molecule has 10 nitrogen and oxygen atoms in total. The van der Waals surface area contributed by atoms with E-state index < -0.39 is 39.9 Å². The number of anilines is 3. The molecule has 4 N–H and O–H groups in total. The summed E-state index contributed by atoms with van der Waals surface area (Å²) in [6, 6.07) is 9.48. The van der Waals surface area contributed by atoms with Crippen LogP contribution in [-0.2, 0) is 10.9 Å². The van der Waals surface area contributed by atoms with Gasteiger partial charge in [0.05, 0.1) is 40.6 Å². The number of H-pyrrole nitrogens is 3. The SMILES string of the molecule is O=c1[nH][nH]c2ccc(-c3nc(Nc4n[nH]c5c(F)cc(F)cc45)c4cc(N5CCOCC5)ccc4n3)c(C(F)(F)F)c12. The van der Waals surface area contributed by atoms with Gasteiger partial charge in [0.15, 0.2) is 17.5 Å². The van der Waals surface area contributed by atoms with Crippen LogP contribution in [0.15, 0.2) is 47.3 Å². The van der Waals surface area contributed by atoms with Gasteiger partial charge >= 0.3 is 6.18 Å². The molecule has 0 aliphatic carbocycles. The van der Waals surface area contributed by atoms with Gasteiger partial charge in [0, 0.05) is 35.8 Å². The zero-order valence-corrected chi connectivity index (χ0v) is 21.4. The van der Waals surface area contributed by atoms with E-state index in [1.165, 1.54) is 12.1 Å². The number of fused-ring (bicyclic) bond motifs is 3. The number of ether oxygens (including phenoxy) is 1. The van der Waals surface area contributed by atoms with Crippen LogP contribution in [0.4, 0.5) is 39.3 Å². The van der Waals surface area contributed by atoms with Gasteiger partial charge in [0.2, 0.25) is 0 Å². The Morgan fingerprint density at radius 2 is 1.74 bits per heavy atom. The molecule has 0 radical (unpaired) electrons. The van der Waals surface area contributed by atoms with Crippen LogP contribution in [0.25, 0.3) is 44.1 Å². The average molecular weight is 582 g/mol. The summed E-state index contributed by atoms with van der Waals surface area (Å²) in [7, 11) is 0. The van der Waals surface area contributed by atoms with E-state index in [2.05, 4.69) is 40.6 Å². The number of halogens is 5. The van der Waals surface area contributed by atoms with Gasteiger partial charge in [-0.15, -0.1) is 0 Å². The van der Waals surface area contributed by atoms with Gasteiger partial charge in [-0.25, -0.2) is 18.7 Å². The average Bonchev–Trinajstić information content (AvgIpc) is 3.55. The summed E-state index contributed by atoms with van der Waals surface area (Å²) in [5, 5.41) is 14.0. The summed E-state index contributed by atoms with van der Waals surface area (Å²) in [6.07, 6.45) is -4.93. The van der Waals surface area contributed by atoms with E-state index in [4.69, 9.17) is 4.74 Å². The van der Waals surface area contributed by atoms with Crippen LogP contribution in [0.5, 0.6) is 0 Å². The van der Waals surface area contributed by atoms with Crippen molar-refractivity contribution < 1.29 is 26.7 Å². The molecular formula is C27H19F5N8O2. The molecular weight excluding hydrogens is 563 g/mol. The van der Waals surface area contributed by atoms with Crippen LogP contribution in [-0.4, -0.2) is 56.7 Å². The Hall–Kier alpha value is -5.05. The standard InChI is InChI=1S/C27H19F5N8O2/c28-12-9-16-22(17(29)10-12)37-38-25(16)35-24-15-11-13(40-5-7-42-8-6-40)1-3-18(15)33-23(34-24)14-2-4-19-20(26(41)39-36-19)21(14)27(30,31)32/h1-4,9-11H,5-8H2,(H2,36,39,41)(H2,33,34,35,37,38). The number of aromatic nitrogens is 6. The summed E-state index contributed by atoms with van der Waals surface area (Å²) >= 11 is 0. The fourth-order valence-electron chi connectivity index (χ4n) is 5.21. The molecule has 1 aliphatic heterocycles. The van der Waals surface area contributed by atoms with Gasteiger partial charge in [-0.1, -0.05) is 0 Å². The van der Waals surface area contributed by atoms with Crippen LogP contribution in [0.1, 0.15) is 5.56 Å². The van der Waals surface area contributed by atoms with E-state index in [-0.39, 0.29) is 39.4 Å². The summed E-state index contributed by atoms with van der Waals surface area (Å²) in [5.41, 5.74) is -1.59. The monoisotopic (exact) mass is 582 g/mol. The number of hydrogen-bond acceptors (Lipinski definition) is 7. The Morgan fingerprint density at radius 1 is 0.929 bits per heavy atom. The number of nitrogens with zero attached hydrogens (tertiary/aromatic N) is 4. The van der Waals surface area contributed by atoms with Crippen LogP contribution in [0.2, 0.25) is 0 Å². The van der Waals surface area contributed by atoms with Crippen molar-refractivity contribution in [2.45, 2.75) is 6.18 Å². The molecule has 3 aromatic carbocycles. The summed E-state index contributed by atoms with van der Waals surface area (Å²) in [5.74, 6) is -1.99. The van der Waals surface area contributed by atoms with Gasteiger partial charge in [-0.3, -0.25) is 20.1 Å². The third-order valence-electron chi connectivity index (χ3n) is 7.15. The molecule has 0 atom stereocenters. The zero-order valence-electron chi connectivity index (χ0n) is 21.4. The van der Waals surface area contributed by atoms with Crippen molar-refractivity contribution in [3.05, 3.63) is 70.0 Å². The number of benzene rings is 3. The fourth-order valence-corrected chi connectivity index (χ4v) is 5.21. The van der Waals surface area contributed by atoms with Crippen LogP contribution < -0.4 is 15.8 Å². The van der Waals surface area contributed by atoms with Crippen molar-refractivity contribution in [3.8, 4) is 11.4 Å². The number of rotatable bonds is 4. The highest BCUT2D eigenvalue weighted by molar-refractivity contribution is 5.99. The number of nitrogens with one attached hydrogen (secondary N) is 4. The van der Waals surface area contributed by atoms with Crippen LogP contribution in [0.3, 0.4) is 0 Å². The minimum Gasteiger partial charge on any atom is -0.378 e. The maximum absolute atomic E-state index is 14.4. The predicted molar refractivity (Wildman–Crippen MR) is 145 cm³/mol. The molecule has 0 bridgehead atoms. The lowest BCUT2D eigenvalue weighted by Crippen LogP contribution is -2.36. The lowest BCUT2D eigenvalue weighted by Gasteiger charge is -2.29. The molecule has 1 saturated heterocycles. The molecule has 7 rings (SSSR count). The molecule has 4 heterocycles. The zero-order chi connectivity index (χ0) is 29.2. The molecule has 1 aliphatic rings. The van der Waals surface area contributed by atoms with Gasteiger partial charge in [0.25, 0.3) is 5.56 Å². The second kappa shape index (κ2) is 9.51. The summed E-state index contributed by atoms with van der Waals surface area (Å²) in [4.78, 5) is 23.3. The van der Waals surface area contributed by atoms with Crippen molar-refractivity contribution in [1.82, 2.24) is 30.4 Å². The van der Waals surface area contributed by atoms with E-state index >= 15 is 0 Å². The molecule has 0 amide bonds. The minimum atomic E-state index is -4.93. The van der Waals surface area contributed by atoms with Crippen molar-refractivity contribution in [1.29, 1.82) is 0 Å². The van der Waals surface area contributed by atoms with Gasteiger partial charge in [-0.2, -0.15) is 18.3 Å². The highest BCUT2D eigenvalue weighted by Crippen LogP contribution is 2.41. The highest BCUT2D eigenvalue weighted by atomic mass is 19.4. The molecule has 0 spiro atoms. The van der Waals surface area contributed by atoms with E-state index in [0.29, 0.717) is 37.8 Å². The normalized spacial score (nSPS) is 14.4. The first-order chi connectivity index (χ1) is 20.2. The molecule has 6 aromatic rings. The molecule has 15 heteroatoms. The molecule has 1 fully saturated rings. The first-order valence-electron chi connectivity index (χ1n) is 12.7. The van der Waals surface area contributed by atoms with Crippen LogP contribution in [0, 0.1) is 11.6 Å². The maximum atomic E-state index is 14.4. The predicted octanol–water partition coefficient (Wildman–Crippen LogP) is 5.22. The van der Waals surface area contributed by atoms with E-state index in [0.717, 1.165) is 11.8 Å². The lowest BCUT2D eigenvalue weighted by atomic mass is 10.0. The quantitative estimate of drug-likeness (QED) is 0.210. The van der Waals surface area contributed by atoms with E-state index in [9.17, 15) is 26.7 Å². The van der Waals surface area contributed by atoms with Crippen molar-refractivity contribution in [2.75, 3.05) is 36.5 Å². The highest BCUT2D eigenvalue weighted by Gasteiger charge is 2.38. The fraction of sp³-hybridized carbons (Fsp3) is 0.185. The van der Waals surface area contributed by atoms with Gasteiger partial charge < -0.3 is 15.0 Å². The first-order valence-corrected chi connectivity index (χ1v) is 12.7. The van der Waals surface area contributed by atoms with Gasteiger partial charge in [0.1, 0.15) is 17.2 Å². The van der Waals surface area contributed by atoms with E-state index in [1.54, 1.807) is 18.2 Å². The Morgan fingerprint density at radius 3 is 2.52 bits per heavy atom. The third kappa shape index (κ3) is 4.29. The Labute approximate surface area is 231 Å². The second-order valence-electron chi connectivity index (χ2n) is 9.69. The molecule has 0 saturated carbocycles. The Kier molecular flexibility index (Phi) is 5.86. The largest absolute Gasteiger partial charge is 0.417 e. The van der Waals surface area contributed by atoms with Crippen molar-refractivity contribution in [3.63, 3.8) is 0 Å². The van der Waals surface area contributed by atoms with Gasteiger partial charge in [-0.05, 0) is 36.4 Å². The molecule has 214 valence electrons. The van der Waals surface area contributed by atoms with Crippen molar-refractivity contribution >= 4 is 50.0 Å². The Bertz CT molecular complexity index is 2060. The van der Waals surface area contributed by atoms with Crippen molar-refractivity contribution in [2.24, 2.45) is 0 Å². The molecule has 0 unspecified atom stereocenters. The maximum Gasteiger partial charge on any atom is 0.417 e. The first kappa shape index (κ1) is 25.9. The second-order valence-corrected chi connectivity index (χ2v) is 9.69. The summed E-state index contributed by atoms with van der Waals surface area (Å²) < 4.78 is 77.1. The topological polar surface area (TPSA) is 128 Å². The number of hydrogen-bond donors (Lipinski definition) is 4. The molecule has 3 aromatic heterocycles. The minimum absolute atomic E-state index is 0.000276. The molecule has 42 heavy (non-hydrogen) atoms. The smallest absolute Gasteiger partial charge is 0.378 e.